The lowest BCUT2D eigenvalue weighted by molar-refractivity contribution is -0.0425. The lowest BCUT2D eigenvalue weighted by Gasteiger charge is -2.48. The van der Waals surface area contributed by atoms with E-state index in [1.54, 1.807) is 6.07 Å². The molecule has 1 aliphatic carbocycles. The fourth-order valence-corrected chi connectivity index (χ4v) is 3.65. The molecular formula is C17H25F2NO. The number of hydrogen-bond donors (Lipinski definition) is 1. The van der Waals surface area contributed by atoms with Gasteiger partial charge >= 0.3 is 0 Å². The highest BCUT2D eigenvalue weighted by atomic mass is 19.2. The summed E-state index contributed by atoms with van der Waals surface area (Å²) in [6, 6.07) is 3.87. The second kappa shape index (κ2) is 6.41. The van der Waals surface area contributed by atoms with Crippen LogP contribution in [0.3, 0.4) is 0 Å². The highest BCUT2D eigenvalue weighted by Gasteiger charge is 2.42. The highest BCUT2D eigenvalue weighted by Crippen LogP contribution is 2.39. The molecule has 1 aromatic rings. The van der Waals surface area contributed by atoms with Gasteiger partial charge < -0.3 is 10.0 Å². The molecule has 4 heteroatoms. The Bertz CT molecular complexity index is 492. The van der Waals surface area contributed by atoms with Crippen molar-refractivity contribution < 1.29 is 13.9 Å². The summed E-state index contributed by atoms with van der Waals surface area (Å²) >= 11 is 0. The maximum Gasteiger partial charge on any atom is 0.159 e. The number of rotatable bonds is 4. The fourth-order valence-electron chi connectivity index (χ4n) is 3.65. The molecule has 1 fully saturated rings. The first-order chi connectivity index (χ1) is 9.85. The molecule has 1 aromatic carbocycles. The zero-order valence-electron chi connectivity index (χ0n) is 13.1. The summed E-state index contributed by atoms with van der Waals surface area (Å²) in [5.74, 6) is -1.13. The molecule has 1 N–H and O–H groups in total. The number of benzene rings is 1. The summed E-state index contributed by atoms with van der Waals surface area (Å²) < 4.78 is 26.3. The SMILES string of the molecule is CC1CCCC(C(O)Cc2ccc(F)c(F)c2)(N(C)C)C1. The van der Waals surface area contributed by atoms with Gasteiger partial charge in [-0.1, -0.05) is 25.8 Å². The molecule has 3 atom stereocenters. The molecule has 1 saturated carbocycles. The third-order valence-corrected chi connectivity index (χ3v) is 4.93. The minimum absolute atomic E-state index is 0.275. The van der Waals surface area contributed by atoms with Crippen LogP contribution in [0.1, 0.15) is 38.2 Å². The summed E-state index contributed by atoms with van der Waals surface area (Å²) in [7, 11) is 3.99. The first-order valence-corrected chi connectivity index (χ1v) is 7.64. The molecule has 0 saturated heterocycles. The number of hydrogen-bond acceptors (Lipinski definition) is 2. The lowest BCUT2D eigenvalue weighted by atomic mass is 9.71. The molecule has 0 spiro atoms. The van der Waals surface area contributed by atoms with Crippen molar-refractivity contribution >= 4 is 0 Å². The predicted octanol–water partition coefficient (Wildman–Crippen LogP) is 3.38. The van der Waals surface area contributed by atoms with E-state index in [1.165, 1.54) is 12.5 Å². The van der Waals surface area contributed by atoms with Crippen molar-refractivity contribution in [1.29, 1.82) is 0 Å². The number of likely N-dealkylation sites (N-methyl/N-ethyl adjacent to an activating group) is 1. The summed E-state index contributed by atoms with van der Waals surface area (Å²) in [5.41, 5.74) is 0.364. The van der Waals surface area contributed by atoms with Crippen molar-refractivity contribution in [2.75, 3.05) is 14.1 Å². The predicted molar refractivity (Wildman–Crippen MR) is 80.1 cm³/mol. The zero-order chi connectivity index (χ0) is 15.6. The number of nitrogens with zero attached hydrogens (tertiary/aromatic N) is 1. The summed E-state index contributed by atoms with van der Waals surface area (Å²) in [6.45, 7) is 2.21. The first-order valence-electron chi connectivity index (χ1n) is 7.64. The summed E-state index contributed by atoms with van der Waals surface area (Å²) in [6.07, 6.45) is 3.92. The Hall–Kier alpha value is -1.00. The Kier molecular flexibility index (Phi) is 4.99. The van der Waals surface area contributed by atoms with Crippen molar-refractivity contribution in [3.63, 3.8) is 0 Å². The zero-order valence-corrected chi connectivity index (χ0v) is 13.1. The Morgan fingerprint density at radius 2 is 2.05 bits per heavy atom. The van der Waals surface area contributed by atoms with Crippen LogP contribution in [0.2, 0.25) is 0 Å². The summed E-state index contributed by atoms with van der Waals surface area (Å²) in [4.78, 5) is 2.10. The van der Waals surface area contributed by atoms with Crippen LogP contribution in [0.4, 0.5) is 8.78 Å². The van der Waals surface area contributed by atoms with E-state index in [0.717, 1.165) is 25.3 Å². The van der Waals surface area contributed by atoms with Gasteiger partial charge in [-0.25, -0.2) is 8.78 Å². The molecule has 3 unspecified atom stereocenters. The fraction of sp³-hybridized carbons (Fsp3) is 0.647. The first kappa shape index (κ1) is 16.4. The maximum absolute atomic E-state index is 13.3. The number of aliphatic hydroxyl groups excluding tert-OH is 1. The highest BCUT2D eigenvalue weighted by molar-refractivity contribution is 5.20. The molecule has 0 aliphatic heterocycles. The molecule has 0 radical (unpaired) electrons. The number of aliphatic hydroxyl groups is 1. The van der Waals surface area contributed by atoms with Gasteiger partial charge in [0, 0.05) is 12.0 Å². The molecule has 0 heterocycles. The molecule has 1 aliphatic rings. The van der Waals surface area contributed by atoms with Gasteiger partial charge in [0.05, 0.1) is 6.10 Å². The Morgan fingerprint density at radius 1 is 1.33 bits per heavy atom. The van der Waals surface area contributed by atoms with Crippen LogP contribution in [0.15, 0.2) is 18.2 Å². The molecule has 118 valence electrons. The molecule has 0 bridgehead atoms. The van der Waals surface area contributed by atoms with Crippen LogP contribution < -0.4 is 0 Å². The van der Waals surface area contributed by atoms with E-state index in [2.05, 4.69) is 11.8 Å². The van der Waals surface area contributed by atoms with Crippen LogP contribution in [-0.4, -0.2) is 35.7 Å². The van der Waals surface area contributed by atoms with E-state index in [0.29, 0.717) is 17.9 Å². The normalized spacial score (nSPS) is 27.9. The molecule has 2 nitrogen and oxygen atoms in total. The van der Waals surface area contributed by atoms with Crippen molar-refractivity contribution in [2.45, 2.75) is 50.7 Å². The molecule has 0 aromatic heterocycles. The lowest BCUT2D eigenvalue weighted by Crippen LogP contribution is -2.56. The Morgan fingerprint density at radius 3 is 2.62 bits per heavy atom. The molecule has 2 rings (SSSR count). The molecule has 21 heavy (non-hydrogen) atoms. The third kappa shape index (κ3) is 3.43. The molecule has 0 amide bonds. The Balaban J connectivity index is 2.18. The van der Waals surface area contributed by atoms with Gasteiger partial charge in [-0.2, -0.15) is 0 Å². The van der Waals surface area contributed by atoms with E-state index in [4.69, 9.17) is 0 Å². The van der Waals surface area contributed by atoms with Crippen LogP contribution in [0, 0.1) is 17.6 Å². The van der Waals surface area contributed by atoms with E-state index >= 15 is 0 Å². The van der Waals surface area contributed by atoms with Crippen molar-refractivity contribution in [2.24, 2.45) is 5.92 Å². The van der Waals surface area contributed by atoms with Crippen LogP contribution in [-0.2, 0) is 6.42 Å². The van der Waals surface area contributed by atoms with Gasteiger partial charge in [0.25, 0.3) is 0 Å². The maximum atomic E-state index is 13.3. The molecular weight excluding hydrogens is 272 g/mol. The van der Waals surface area contributed by atoms with E-state index in [1.807, 2.05) is 14.1 Å². The largest absolute Gasteiger partial charge is 0.391 e. The standard InChI is InChI=1S/C17H25F2NO/c1-12-5-4-8-17(11-12,20(2)3)16(21)10-13-6-7-14(18)15(19)9-13/h6-7,9,12,16,21H,4-5,8,10-11H2,1-3H3. The van der Waals surface area contributed by atoms with E-state index in [-0.39, 0.29) is 5.54 Å². The number of halogens is 2. The van der Waals surface area contributed by atoms with E-state index in [9.17, 15) is 13.9 Å². The van der Waals surface area contributed by atoms with Gasteiger partial charge in [0.1, 0.15) is 0 Å². The third-order valence-electron chi connectivity index (χ3n) is 4.93. The second-order valence-electron chi connectivity index (χ2n) is 6.67. The van der Waals surface area contributed by atoms with Gasteiger partial charge in [-0.3, -0.25) is 0 Å². The van der Waals surface area contributed by atoms with Crippen molar-refractivity contribution in [1.82, 2.24) is 4.90 Å². The summed E-state index contributed by atoms with van der Waals surface area (Å²) in [5, 5.41) is 10.8. The van der Waals surface area contributed by atoms with Crippen LogP contribution >= 0.6 is 0 Å². The minimum Gasteiger partial charge on any atom is -0.391 e. The topological polar surface area (TPSA) is 23.5 Å². The van der Waals surface area contributed by atoms with Gasteiger partial charge in [-0.15, -0.1) is 0 Å². The van der Waals surface area contributed by atoms with Gasteiger partial charge in [0.2, 0.25) is 0 Å². The van der Waals surface area contributed by atoms with E-state index < -0.39 is 17.7 Å². The Labute approximate surface area is 125 Å². The monoisotopic (exact) mass is 297 g/mol. The second-order valence-corrected chi connectivity index (χ2v) is 6.67. The van der Waals surface area contributed by atoms with Gasteiger partial charge in [0.15, 0.2) is 11.6 Å². The average Bonchev–Trinajstić information content (AvgIpc) is 2.42. The average molecular weight is 297 g/mol. The minimum atomic E-state index is -0.851. The quantitative estimate of drug-likeness (QED) is 0.921. The van der Waals surface area contributed by atoms with Crippen LogP contribution in [0.5, 0.6) is 0 Å². The van der Waals surface area contributed by atoms with Crippen LogP contribution in [0.25, 0.3) is 0 Å². The van der Waals surface area contributed by atoms with Gasteiger partial charge in [-0.05, 0) is 50.6 Å². The van der Waals surface area contributed by atoms with Crippen molar-refractivity contribution in [3.05, 3.63) is 35.4 Å². The smallest absolute Gasteiger partial charge is 0.159 e. The van der Waals surface area contributed by atoms with Crippen molar-refractivity contribution in [3.8, 4) is 0 Å².